The fraction of sp³-hybridized carbons (Fsp3) is 1.00. The van der Waals surface area contributed by atoms with Crippen molar-refractivity contribution in [1.82, 2.24) is 10.6 Å². The molecule has 0 aliphatic heterocycles. The number of hydrogen-bond acceptors (Lipinski definition) is 2. The molecule has 0 aromatic rings. The molecule has 0 aromatic heterocycles. The minimum absolute atomic E-state index is 0.266. The van der Waals surface area contributed by atoms with Crippen molar-refractivity contribution in [2.24, 2.45) is 5.92 Å². The summed E-state index contributed by atoms with van der Waals surface area (Å²) in [6, 6.07) is 0. The monoisotopic (exact) mass is 240 g/mol. The maximum absolute atomic E-state index is 3.56. The maximum Gasteiger partial charge on any atom is 0.00965 e. The fourth-order valence-corrected chi connectivity index (χ4v) is 2.62. The van der Waals surface area contributed by atoms with Gasteiger partial charge in [0, 0.05) is 5.54 Å². The van der Waals surface area contributed by atoms with E-state index in [9.17, 15) is 0 Å². The first kappa shape index (κ1) is 15.0. The van der Waals surface area contributed by atoms with Crippen LogP contribution in [0.15, 0.2) is 0 Å². The molecule has 102 valence electrons. The van der Waals surface area contributed by atoms with Gasteiger partial charge in [-0.25, -0.2) is 0 Å². The Balaban J connectivity index is 1.78. The quantitative estimate of drug-likeness (QED) is 0.636. The first-order chi connectivity index (χ1) is 8.08. The van der Waals surface area contributed by atoms with E-state index in [4.69, 9.17) is 0 Å². The van der Waals surface area contributed by atoms with Crippen LogP contribution in [0.3, 0.4) is 0 Å². The molecular formula is C15H32N2. The molecular weight excluding hydrogens is 208 g/mol. The number of hydrogen-bond donors (Lipinski definition) is 2. The molecule has 1 rings (SSSR count). The second-order valence-corrected chi connectivity index (χ2v) is 6.57. The lowest BCUT2D eigenvalue weighted by atomic mass is 10.0. The van der Waals surface area contributed by atoms with E-state index < -0.39 is 0 Å². The summed E-state index contributed by atoms with van der Waals surface area (Å²) in [6.07, 6.45) is 10.0. The van der Waals surface area contributed by atoms with Crippen LogP contribution in [0.1, 0.15) is 65.7 Å². The molecule has 1 aliphatic carbocycles. The van der Waals surface area contributed by atoms with Crippen LogP contribution in [0, 0.1) is 5.92 Å². The molecule has 0 amide bonds. The van der Waals surface area contributed by atoms with Gasteiger partial charge in [0.15, 0.2) is 0 Å². The van der Waals surface area contributed by atoms with Gasteiger partial charge in [0.25, 0.3) is 0 Å². The van der Waals surface area contributed by atoms with Crippen molar-refractivity contribution in [3.05, 3.63) is 0 Å². The van der Waals surface area contributed by atoms with Crippen LogP contribution in [0.25, 0.3) is 0 Å². The van der Waals surface area contributed by atoms with Crippen LogP contribution < -0.4 is 10.6 Å². The first-order valence-electron chi connectivity index (χ1n) is 7.54. The van der Waals surface area contributed by atoms with E-state index >= 15 is 0 Å². The van der Waals surface area contributed by atoms with Crippen molar-refractivity contribution in [3.63, 3.8) is 0 Å². The Morgan fingerprint density at radius 3 is 2.24 bits per heavy atom. The van der Waals surface area contributed by atoms with Gasteiger partial charge >= 0.3 is 0 Å². The Morgan fingerprint density at radius 1 is 0.941 bits per heavy atom. The van der Waals surface area contributed by atoms with Crippen molar-refractivity contribution < 1.29 is 0 Å². The van der Waals surface area contributed by atoms with E-state index in [1.807, 2.05) is 0 Å². The fourth-order valence-electron chi connectivity index (χ4n) is 2.62. The third kappa shape index (κ3) is 8.62. The molecule has 0 spiro atoms. The molecule has 1 aliphatic rings. The zero-order valence-corrected chi connectivity index (χ0v) is 12.1. The average Bonchev–Trinajstić information content (AvgIpc) is 2.73. The van der Waals surface area contributed by atoms with E-state index in [1.165, 1.54) is 51.5 Å². The lowest BCUT2D eigenvalue weighted by Gasteiger charge is -2.20. The molecule has 0 atom stereocenters. The molecule has 1 fully saturated rings. The molecule has 0 heterocycles. The Morgan fingerprint density at radius 2 is 1.59 bits per heavy atom. The van der Waals surface area contributed by atoms with E-state index in [2.05, 4.69) is 31.4 Å². The minimum atomic E-state index is 0.266. The van der Waals surface area contributed by atoms with Crippen LogP contribution in [-0.4, -0.2) is 25.2 Å². The lowest BCUT2D eigenvalue weighted by Crippen LogP contribution is -2.37. The lowest BCUT2D eigenvalue weighted by molar-refractivity contribution is 0.416. The highest BCUT2D eigenvalue weighted by Crippen LogP contribution is 2.28. The SMILES string of the molecule is CC(C)(C)NCCCNCCCC1CCCC1. The molecule has 2 N–H and O–H groups in total. The summed E-state index contributed by atoms with van der Waals surface area (Å²) >= 11 is 0. The van der Waals surface area contributed by atoms with Crippen LogP contribution in [0.5, 0.6) is 0 Å². The van der Waals surface area contributed by atoms with Gasteiger partial charge in [0.05, 0.1) is 0 Å². The zero-order chi connectivity index (χ0) is 12.6. The average molecular weight is 240 g/mol. The Kier molecular flexibility index (Phi) is 7.14. The zero-order valence-electron chi connectivity index (χ0n) is 12.1. The van der Waals surface area contributed by atoms with Gasteiger partial charge in [0.1, 0.15) is 0 Å². The summed E-state index contributed by atoms with van der Waals surface area (Å²) in [6.45, 7) is 10.2. The standard InChI is InChI=1S/C15H32N2/c1-15(2,3)17-13-7-12-16-11-6-10-14-8-4-5-9-14/h14,16-17H,4-13H2,1-3H3. The van der Waals surface area contributed by atoms with E-state index in [0.29, 0.717) is 0 Å². The third-order valence-corrected chi connectivity index (χ3v) is 3.63. The second-order valence-electron chi connectivity index (χ2n) is 6.57. The first-order valence-corrected chi connectivity index (χ1v) is 7.54. The smallest absolute Gasteiger partial charge is 0.00965 e. The molecule has 0 saturated heterocycles. The van der Waals surface area contributed by atoms with Gasteiger partial charge in [-0.15, -0.1) is 0 Å². The summed E-state index contributed by atoms with van der Waals surface area (Å²) in [4.78, 5) is 0. The Hall–Kier alpha value is -0.0800. The highest BCUT2D eigenvalue weighted by Gasteiger charge is 2.13. The predicted octanol–water partition coefficient (Wildman–Crippen LogP) is 3.32. The van der Waals surface area contributed by atoms with Crippen molar-refractivity contribution in [2.45, 2.75) is 71.3 Å². The normalized spacial score (nSPS) is 17.8. The Bertz CT molecular complexity index is 178. The molecule has 1 saturated carbocycles. The Labute approximate surface area is 108 Å². The van der Waals surface area contributed by atoms with Crippen LogP contribution in [0.2, 0.25) is 0 Å². The molecule has 2 heteroatoms. The molecule has 17 heavy (non-hydrogen) atoms. The van der Waals surface area contributed by atoms with Gasteiger partial charge in [0.2, 0.25) is 0 Å². The molecule has 0 unspecified atom stereocenters. The van der Waals surface area contributed by atoms with Gasteiger partial charge in [-0.3, -0.25) is 0 Å². The highest BCUT2D eigenvalue weighted by atomic mass is 14.9. The van der Waals surface area contributed by atoms with Gasteiger partial charge in [-0.1, -0.05) is 25.7 Å². The summed E-state index contributed by atoms with van der Waals surface area (Å²) in [5.41, 5.74) is 0.266. The number of rotatable bonds is 8. The minimum Gasteiger partial charge on any atom is -0.317 e. The van der Waals surface area contributed by atoms with Crippen molar-refractivity contribution in [1.29, 1.82) is 0 Å². The van der Waals surface area contributed by atoms with Crippen molar-refractivity contribution in [3.8, 4) is 0 Å². The van der Waals surface area contributed by atoms with Crippen molar-refractivity contribution >= 4 is 0 Å². The molecule has 0 aromatic carbocycles. The topological polar surface area (TPSA) is 24.1 Å². The summed E-state index contributed by atoms with van der Waals surface area (Å²) < 4.78 is 0. The second kappa shape index (κ2) is 8.10. The van der Waals surface area contributed by atoms with Gasteiger partial charge in [-0.2, -0.15) is 0 Å². The summed E-state index contributed by atoms with van der Waals surface area (Å²) in [7, 11) is 0. The van der Waals surface area contributed by atoms with E-state index in [-0.39, 0.29) is 5.54 Å². The largest absolute Gasteiger partial charge is 0.317 e. The van der Waals surface area contributed by atoms with Crippen LogP contribution >= 0.6 is 0 Å². The van der Waals surface area contributed by atoms with Gasteiger partial charge in [-0.05, 0) is 65.6 Å². The molecule has 0 radical (unpaired) electrons. The van der Waals surface area contributed by atoms with E-state index in [1.54, 1.807) is 0 Å². The van der Waals surface area contributed by atoms with E-state index in [0.717, 1.165) is 19.0 Å². The van der Waals surface area contributed by atoms with Crippen LogP contribution in [0.4, 0.5) is 0 Å². The number of nitrogens with one attached hydrogen (secondary N) is 2. The summed E-state index contributed by atoms with van der Waals surface area (Å²) in [5.74, 6) is 1.05. The van der Waals surface area contributed by atoms with Crippen molar-refractivity contribution in [2.75, 3.05) is 19.6 Å². The third-order valence-electron chi connectivity index (χ3n) is 3.63. The maximum atomic E-state index is 3.56. The molecule has 0 bridgehead atoms. The summed E-state index contributed by atoms with van der Waals surface area (Å²) in [5, 5.41) is 7.07. The van der Waals surface area contributed by atoms with Crippen LogP contribution in [-0.2, 0) is 0 Å². The highest BCUT2D eigenvalue weighted by molar-refractivity contribution is 4.70. The predicted molar refractivity (Wildman–Crippen MR) is 76.4 cm³/mol. The van der Waals surface area contributed by atoms with Gasteiger partial charge < -0.3 is 10.6 Å². The molecule has 2 nitrogen and oxygen atoms in total.